The summed E-state index contributed by atoms with van der Waals surface area (Å²) in [6.45, 7) is 8.97. The maximum Gasteiger partial charge on any atom is 0.0553 e. The van der Waals surface area contributed by atoms with Gasteiger partial charge in [-0.25, -0.2) is 0 Å². The van der Waals surface area contributed by atoms with E-state index in [2.05, 4.69) is 37.8 Å². The largest absolute Gasteiger partial charge is 0.384 e. The molecule has 0 aromatic carbocycles. The van der Waals surface area contributed by atoms with E-state index in [1.807, 2.05) is 0 Å². The summed E-state index contributed by atoms with van der Waals surface area (Å²) < 4.78 is 5.14. The number of hydrogen-bond acceptors (Lipinski definition) is 3. The van der Waals surface area contributed by atoms with Crippen molar-refractivity contribution in [3.63, 3.8) is 0 Å². The van der Waals surface area contributed by atoms with Crippen molar-refractivity contribution in [2.75, 3.05) is 26.0 Å². The number of hydrogen-bond donors (Lipinski definition) is 1. The first-order valence-corrected chi connectivity index (χ1v) is 7.48. The van der Waals surface area contributed by atoms with E-state index in [-0.39, 0.29) is 0 Å². The fourth-order valence-electron chi connectivity index (χ4n) is 2.47. The van der Waals surface area contributed by atoms with Crippen molar-refractivity contribution in [2.45, 2.75) is 51.3 Å². The Bertz CT molecular complexity index is 196. The summed E-state index contributed by atoms with van der Waals surface area (Å²) in [5.74, 6) is 1.12. The van der Waals surface area contributed by atoms with Crippen molar-refractivity contribution in [2.24, 2.45) is 5.41 Å². The molecule has 96 valence electrons. The molecule has 0 aliphatic heterocycles. The summed E-state index contributed by atoms with van der Waals surface area (Å²) in [5.41, 5.74) is 0.524. The topological polar surface area (TPSA) is 21.3 Å². The van der Waals surface area contributed by atoms with Gasteiger partial charge in [-0.3, -0.25) is 0 Å². The number of ether oxygens (including phenoxy) is 1. The highest BCUT2D eigenvalue weighted by Crippen LogP contribution is 2.40. The first-order chi connectivity index (χ1) is 7.59. The average molecular weight is 245 g/mol. The molecule has 0 radical (unpaired) electrons. The Kier molecular flexibility index (Phi) is 6.16. The molecule has 3 heteroatoms. The molecule has 1 saturated carbocycles. The summed E-state index contributed by atoms with van der Waals surface area (Å²) in [6, 6.07) is 0.708. The van der Waals surface area contributed by atoms with Crippen LogP contribution in [0.15, 0.2) is 0 Å². The summed E-state index contributed by atoms with van der Waals surface area (Å²) in [5, 5.41) is 4.40. The monoisotopic (exact) mass is 245 g/mol. The third-order valence-corrected chi connectivity index (χ3v) is 4.75. The van der Waals surface area contributed by atoms with Crippen LogP contribution in [0.2, 0.25) is 0 Å². The zero-order valence-corrected chi connectivity index (χ0v) is 12.0. The van der Waals surface area contributed by atoms with Crippen LogP contribution in [-0.2, 0) is 4.74 Å². The highest BCUT2D eigenvalue weighted by molar-refractivity contribution is 8.00. The van der Waals surface area contributed by atoms with Crippen LogP contribution in [0.25, 0.3) is 0 Å². The highest BCUT2D eigenvalue weighted by atomic mass is 32.2. The van der Waals surface area contributed by atoms with Crippen LogP contribution in [0.1, 0.15) is 40.0 Å². The molecule has 1 aliphatic rings. The van der Waals surface area contributed by atoms with Gasteiger partial charge in [0.2, 0.25) is 0 Å². The van der Waals surface area contributed by atoms with E-state index < -0.39 is 0 Å². The average Bonchev–Trinajstić information content (AvgIpc) is 2.22. The summed E-state index contributed by atoms with van der Waals surface area (Å²) in [4.78, 5) is 0. The molecule has 0 bridgehead atoms. The molecule has 0 heterocycles. The quantitative estimate of drug-likeness (QED) is 0.727. The van der Waals surface area contributed by atoms with Crippen LogP contribution >= 0.6 is 11.8 Å². The molecule has 1 fully saturated rings. The number of rotatable bonds is 6. The Labute approximate surface area is 105 Å². The van der Waals surface area contributed by atoms with E-state index in [9.17, 15) is 0 Å². The van der Waals surface area contributed by atoms with Crippen LogP contribution in [-0.4, -0.2) is 37.3 Å². The lowest BCUT2D eigenvalue weighted by atomic mass is 9.75. The van der Waals surface area contributed by atoms with E-state index in [4.69, 9.17) is 4.74 Å². The first-order valence-electron chi connectivity index (χ1n) is 6.43. The van der Waals surface area contributed by atoms with Crippen LogP contribution in [0.5, 0.6) is 0 Å². The molecule has 0 aromatic heterocycles. The van der Waals surface area contributed by atoms with Gasteiger partial charge in [-0.2, -0.15) is 11.8 Å². The van der Waals surface area contributed by atoms with Gasteiger partial charge in [0.15, 0.2) is 0 Å². The molecule has 1 aliphatic carbocycles. The van der Waals surface area contributed by atoms with Crippen molar-refractivity contribution < 1.29 is 4.74 Å². The second kappa shape index (κ2) is 6.87. The molecule has 0 saturated heterocycles. The standard InChI is InChI=1S/C13H27NOS/c1-5-14-11-6-7-13(2,3)10-12(11)16-9-8-15-4/h11-12,14H,5-10H2,1-4H3. The molecule has 16 heavy (non-hydrogen) atoms. The maximum atomic E-state index is 5.14. The SMILES string of the molecule is CCNC1CCC(C)(C)CC1SCCOC. The lowest BCUT2D eigenvalue weighted by Gasteiger charge is -2.40. The third kappa shape index (κ3) is 4.64. The first kappa shape index (κ1) is 14.3. The molecule has 2 nitrogen and oxygen atoms in total. The smallest absolute Gasteiger partial charge is 0.0553 e. The summed E-state index contributed by atoms with van der Waals surface area (Å²) >= 11 is 2.08. The second-order valence-corrected chi connectivity index (χ2v) is 6.82. The molecule has 0 aromatic rings. The molecule has 2 atom stereocenters. The summed E-state index contributed by atoms with van der Waals surface area (Å²) in [7, 11) is 1.78. The van der Waals surface area contributed by atoms with Crippen LogP contribution < -0.4 is 5.32 Å². The van der Waals surface area contributed by atoms with E-state index in [0.717, 1.165) is 24.2 Å². The molecular weight excluding hydrogens is 218 g/mol. The minimum atomic E-state index is 0.524. The molecule has 2 unspecified atom stereocenters. The fraction of sp³-hybridized carbons (Fsp3) is 1.00. The van der Waals surface area contributed by atoms with Gasteiger partial charge in [0.1, 0.15) is 0 Å². The zero-order chi connectivity index (χ0) is 12.0. The number of nitrogens with one attached hydrogen (secondary N) is 1. The third-order valence-electron chi connectivity index (χ3n) is 3.42. The lowest BCUT2D eigenvalue weighted by Crippen LogP contribution is -2.45. The zero-order valence-electron chi connectivity index (χ0n) is 11.2. The molecular formula is C13H27NOS. The normalized spacial score (nSPS) is 29.2. The molecule has 0 spiro atoms. The highest BCUT2D eigenvalue weighted by Gasteiger charge is 2.34. The number of methoxy groups -OCH3 is 1. The van der Waals surface area contributed by atoms with Crippen molar-refractivity contribution in [1.29, 1.82) is 0 Å². The number of thioether (sulfide) groups is 1. The Morgan fingerprint density at radius 2 is 2.19 bits per heavy atom. The van der Waals surface area contributed by atoms with Gasteiger partial charge in [-0.05, 0) is 31.2 Å². The van der Waals surface area contributed by atoms with E-state index in [1.165, 1.54) is 19.3 Å². The van der Waals surface area contributed by atoms with Gasteiger partial charge in [0.05, 0.1) is 6.61 Å². The minimum Gasteiger partial charge on any atom is -0.384 e. The van der Waals surface area contributed by atoms with Gasteiger partial charge in [-0.15, -0.1) is 0 Å². The van der Waals surface area contributed by atoms with Crippen molar-refractivity contribution in [3.05, 3.63) is 0 Å². The van der Waals surface area contributed by atoms with Crippen LogP contribution in [0.3, 0.4) is 0 Å². The van der Waals surface area contributed by atoms with E-state index in [1.54, 1.807) is 7.11 Å². The Balaban J connectivity index is 2.43. The second-order valence-electron chi connectivity index (χ2n) is 5.47. The van der Waals surface area contributed by atoms with E-state index >= 15 is 0 Å². The molecule has 1 N–H and O–H groups in total. The van der Waals surface area contributed by atoms with Crippen molar-refractivity contribution in [1.82, 2.24) is 5.32 Å². The molecule has 1 rings (SSSR count). The van der Waals surface area contributed by atoms with Gasteiger partial charge in [-0.1, -0.05) is 20.8 Å². The predicted octanol–water partition coefficient (Wildman–Crippen LogP) is 2.92. The molecule has 0 amide bonds. The van der Waals surface area contributed by atoms with Crippen LogP contribution in [0, 0.1) is 5.41 Å². The Morgan fingerprint density at radius 3 is 2.81 bits per heavy atom. The minimum absolute atomic E-state index is 0.524. The van der Waals surface area contributed by atoms with Gasteiger partial charge in [0, 0.05) is 24.2 Å². The van der Waals surface area contributed by atoms with E-state index in [0.29, 0.717) is 11.5 Å². The fourth-order valence-corrected chi connectivity index (χ4v) is 4.07. The maximum absolute atomic E-state index is 5.14. The van der Waals surface area contributed by atoms with Gasteiger partial charge >= 0.3 is 0 Å². The van der Waals surface area contributed by atoms with Crippen molar-refractivity contribution in [3.8, 4) is 0 Å². The van der Waals surface area contributed by atoms with Gasteiger partial charge < -0.3 is 10.1 Å². The Hall–Kier alpha value is 0.270. The van der Waals surface area contributed by atoms with Gasteiger partial charge in [0.25, 0.3) is 0 Å². The predicted molar refractivity (Wildman–Crippen MR) is 73.2 cm³/mol. The van der Waals surface area contributed by atoms with Crippen LogP contribution in [0.4, 0.5) is 0 Å². The van der Waals surface area contributed by atoms with Crippen molar-refractivity contribution >= 4 is 11.8 Å². The lowest BCUT2D eigenvalue weighted by molar-refractivity contribution is 0.210. The summed E-state index contributed by atoms with van der Waals surface area (Å²) in [6.07, 6.45) is 4.01. The Morgan fingerprint density at radius 1 is 1.44 bits per heavy atom.